The van der Waals surface area contributed by atoms with Crippen LogP contribution in [0.25, 0.3) is 0 Å². The molecule has 0 aliphatic carbocycles. The van der Waals surface area contributed by atoms with Crippen molar-refractivity contribution in [3.8, 4) is 5.75 Å². The first-order valence-electron chi connectivity index (χ1n) is 5.60. The number of aryl methyl sites for hydroxylation is 1. The number of hydrogen-bond donors (Lipinski definition) is 0. The van der Waals surface area contributed by atoms with Crippen molar-refractivity contribution < 1.29 is 9.66 Å². The minimum atomic E-state index is -0.526. The van der Waals surface area contributed by atoms with Crippen LogP contribution in [0, 0.1) is 10.1 Å². The summed E-state index contributed by atoms with van der Waals surface area (Å²) in [7, 11) is 1.85. The Kier molecular flexibility index (Phi) is 4.01. The van der Waals surface area contributed by atoms with E-state index in [0.29, 0.717) is 18.8 Å². The van der Waals surface area contributed by atoms with Crippen LogP contribution < -0.4 is 4.74 Å². The SMILES string of the molecule is Cn1cc(CCOc2ccc([N+](=O)[O-])c(Cl)c2)cn1. The second kappa shape index (κ2) is 5.71. The lowest BCUT2D eigenvalue weighted by Gasteiger charge is -2.05. The van der Waals surface area contributed by atoms with E-state index in [4.69, 9.17) is 16.3 Å². The maximum absolute atomic E-state index is 10.6. The monoisotopic (exact) mass is 281 g/mol. The summed E-state index contributed by atoms with van der Waals surface area (Å²) in [5.41, 5.74) is 0.941. The molecular weight excluding hydrogens is 270 g/mol. The molecule has 0 saturated carbocycles. The maximum Gasteiger partial charge on any atom is 0.288 e. The smallest absolute Gasteiger partial charge is 0.288 e. The topological polar surface area (TPSA) is 70.2 Å². The zero-order valence-corrected chi connectivity index (χ0v) is 11.0. The first-order chi connectivity index (χ1) is 9.06. The third-order valence-electron chi connectivity index (χ3n) is 2.53. The average molecular weight is 282 g/mol. The molecule has 2 aromatic rings. The van der Waals surface area contributed by atoms with Gasteiger partial charge in [0.1, 0.15) is 10.8 Å². The van der Waals surface area contributed by atoms with Crippen molar-refractivity contribution in [3.05, 3.63) is 51.3 Å². The molecule has 1 aromatic heterocycles. The average Bonchev–Trinajstić information content (AvgIpc) is 2.75. The Balaban J connectivity index is 1.93. The highest BCUT2D eigenvalue weighted by atomic mass is 35.5. The quantitative estimate of drug-likeness (QED) is 0.624. The molecule has 7 heteroatoms. The molecule has 0 saturated heterocycles. The van der Waals surface area contributed by atoms with Gasteiger partial charge >= 0.3 is 0 Å². The minimum absolute atomic E-state index is 0.0730. The third kappa shape index (κ3) is 3.45. The van der Waals surface area contributed by atoms with Crippen molar-refractivity contribution in [1.29, 1.82) is 0 Å². The third-order valence-corrected chi connectivity index (χ3v) is 2.84. The van der Waals surface area contributed by atoms with Gasteiger partial charge in [-0.15, -0.1) is 0 Å². The van der Waals surface area contributed by atoms with E-state index in [1.54, 1.807) is 10.9 Å². The van der Waals surface area contributed by atoms with Gasteiger partial charge in [-0.25, -0.2) is 0 Å². The molecule has 0 fully saturated rings. The Bertz CT molecular complexity index is 598. The van der Waals surface area contributed by atoms with Crippen molar-refractivity contribution in [2.45, 2.75) is 6.42 Å². The van der Waals surface area contributed by atoms with Crippen LogP contribution in [0.3, 0.4) is 0 Å². The van der Waals surface area contributed by atoms with Gasteiger partial charge in [0.2, 0.25) is 0 Å². The summed E-state index contributed by atoms with van der Waals surface area (Å²) in [6, 6.07) is 4.32. The number of nitrogens with zero attached hydrogens (tertiary/aromatic N) is 3. The zero-order valence-electron chi connectivity index (χ0n) is 10.2. The van der Waals surface area contributed by atoms with E-state index < -0.39 is 4.92 Å². The van der Waals surface area contributed by atoms with E-state index in [1.165, 1.54) is 18.2 Å². The van der Waals surface area contributed by atoms with Crippen molar-refractivity contribution in [2.24, 2.45) is 7.05 Å². The van der Waals surface area contributed by atoms with E-state index in [0.717, 1.165) is 5.56 Å². The van der Waals surface area contributed by atoms with Gasteiger partial charge in [0, 0.05) is 31.8 Å². The molecule has 0 atom stereocenters. The van der Waals surface area contributed by atoms with Crippen LogP contribution in [0.1, 0.15) is 5.56 Å². The number of halogens is 1. The molecule has 1 aromatic carbocycles. The van der Waals surface area contributed by atoms with Crippen LogP contribution in [-0.4, -0.2) is 21.3 Å². The largest absolute Gasteiger partial charge is 0.493 e. The summed E-state index contributed by atoms with van der Waals surface area (Å²) in [5.74, 6) is 0.513. The predicted octanol–water partition coefficient (Wildman–Crippen LogP) is 2.60. The fourth-order valence-electron chi connectivity index (χ4n) is 1.61. The summed E-state index contributed by atoms with van der Waals surface area (Å²) in [6.07, 6.45) is 4.39. The molecule has 1 heterocycles. The van der Waals surface area contributed by atoms with Gasteiger partial charge in [-0.3, -0.25) is 14.8 Å². The summed E-state index contributed by atoms with van der Waals surface area (Å²) in [4.78, 5) is 10.1. The molecular formula is C12H12ClN3O3. The van der Waals surface area contributed by atoms with E-state index >= 15 is 0 Å². The molecule has 0 unspecified atom stereocenters. The Morgan fingerprint density at radius 3 is 2.89 bits per heavy atom. The van der Waals surface area contributed by atoms with Crippen molar-refractivity contribution in [3.63, 3.8) is 0 Å². The Hall–Kier alpha value is -2.08. The van der Waals surface area contributed by atoms with Crippen LogP contribution in [0.2, 0.25) is 5.02 Å². The lowest BCUT2D eigenvalue weighted by molar-refractivity contribution is -0.384. The molecule has 2 rings (SSSR count). The standard InChI is InChI=1S/C12H12ClN3O3/c1-15-8-9(7-14-15)4-5-19-10-2-3-12(16(17)18)11(13)6-10/h2-3,6-8H,4-5H2,1H3. The molecule has 0 aliphatic rings. The number of rotatable bonds is 5. The van der Waals surface area contributed by atoms with Gasteiger partial charge in [-0.1, -0.05) is 11.6 Å². The van der Waals surface area contributed by atoms with E-state index in [9.17, 15) is 10.1 Å². The fourth-order valence-corrected chi connectivity index (χ4v) is 1.85. The Morgan fingerprint density at radius 1 is 1.53 bits per heavy atom. The number of nitro groups is 1. The first kappa shape index (κ1) is 13.4. The molecule has 19 heavy (non-hydrogen) atoms. The zero-order chi connectivity index (χ0) is 13.8. The Labute approximate surface area is 114 Å². The molecule has 0 amide bonds. The van der Waals surface area contributed by atoms with Crippen molar-refractivity contribution >= 4 is 17.3 Å². The van der Waals surface area contributed by atoms with Crippen LogP contribution in [0.4, 0.5) is 5.69 Å². The molecule has 100 valence electrons. The summed E-state index contributed by atoms with van der Waals surface area (Å²) in [5, 5.41) is 14.7. The van der Waals surface area contributed by atoms with Crippen LogP contribution >= 0.6 is 11.6 Å². The lowest BCUT2D eigenvalue weighted by Crippen LogP contribution is -2.01. The van der Waals surface area contributed by atoms with E-state index in [-0.39, 0.29) is 10.7 Å². The van der Waals surface area contributed by atoms with Gasteiger partial charge in [0.25, 0.3) is 5.69 Å². The van der Waals surface area contributed by atoms with Crippen LogP contribution in [-0.2, 0) is 13.5 Å². The highest BCUT2D eigenvalue weighted by Gasteiger charge is 2.12. The first-order valence-corrected chi connectivity index (χ1v) is 5.98. The van der Waals surface area contributed by atoms with Gasteiger partial charge in [0.15, 0.2) is 0 Å². The molecule has 6 nitrogen and oxygen atoms in total. The number of hydrogen-bond acceptors (Lipinski definition) is 4. The normalized spacial score (nSPS) is 10.4. The van der Waals surface area contributed by atoms with Crippen LogP contribution in [0.5, 0.6) is 5.75 Å². The lowest BCUT2D eigenvalue weighted by atomic mass is 10.2. The van der Waals surface area contributed by atoms with Gasteiger partial charge < -0.3 is 4.74 Å². The number of nitro benzene ring substituents is 1. The van der Waals surface area contributed by atoms with Crippen LogP contribution in [0.15, 0.2) is 30.6 Å². The minimum Gasteiger partial charge on any atom is -0.493 e. The van der Waals surface area contributed by atoms with Gasteiger partial charge in [-0.2, -0.15) is 5.10 Å². The Morgan fingerprint density at radius 2 is 2.32 bits per heavy atom. The second-order valence-corrected chi connectivity index (χ2v) is 4.40. The highest BCUT2D eigenvalue weighted by molar-refractivity contribution is 6.32. The van der Waals surface area contributed by atoms with Gasteiger partial charge in [0.05, 0.1) is 17.7 Å². The van der Waals surface area contributed by atoms with Crippen molar-refractivity contribution in [1.82, 2.24) is 9.78 Å². The highest BCUT2D eigenvalue weighted by Crippen LogP contribution is 2.28. The number of ether oxygens (including phenoxy) is 1. The second-order valence-electron chi connectivity index (χ2n) is 3.99. The number of aromatic nitrogens is 2. The maximum atomic E-state index is 10.6. The molecule has 0 radical (unpaired) electrons. The molecule has 0 N–H and O–H groups in total. The summed E-state index contributed by atoms with van der Waals surface area (Å²) in [6.45, 7) is 0.458. The molecule has 0 spiro atoms. The summed E-state index contributed by atoms with van der Waals surface area (Å²) >= 11 is 5.79. The number of benzene rings is 1. The summed E-state index contributed by atoms with van der Waals surface area (Å²) < 4.78 is 7.21. The van der Waals surface area contributed by atoms with E-state index in [2.05, 4.69) is 5.10 Å². The van der Waals surface area contributed by atoms with Gasteiger partial charge in [-0.05, 0) is 11.6 Å². The fraction of sp³-hybridized carbons (Fsp3) is 0.250. The predicted molar refractivity (Wildman–Crippen MR) is 70.5 cm³/mol. The van der Waals surface area contributed by atoms with E-state index in [1.807, 2.05) is 13.2 Å². The van der Waals surface area contributed by atoms with Crippen molar-refractivity contribution in [2.75, 3.05) is 6.61 Å². The molecule has 0 bridgehead atoms. The molecule has 0 aliphatic heterocycles.